The predicted molar refractivity (Wildman–Crippen MR) is 228 cm³/mol. The van der Waals surface area contributed by atoms with Gasteiger partial charge in [0.05, 0.1) is 16.7 Å². The maximum absolute atomic E-state index is 13.0. The highest BCUT2D eigenvalue weighted by Gasteiger charge is 2.44. The smallest absolute Gasteiger partial charge is 0.338 e. The van der Waals surface area contributed by atoms with Crippen molar-refractivity contribution in [2.24, 2.45) is 5.92 Å². The number of para-hydroxylation sites is 2. The fraction of sp³-hybridized carbons (Fsp3) is 0.429. The number of nitrogens with zero attached hydrogens (tertiary/aromatic N) is 2. The van der Waals surface area contributed by atoms with E-state index in [0.717, 1.165) is 79.2 Å². The Labute approximate surface area is 339 Å². The van der Waals surface area contributed by atoms with Gasteiger partial charge >= 0.3 is 11.9 Å². The molecule has 1 atom stereocenters. The molecular formula is C49H58ClN2O4+. The summed E-state index contributed by atoms with van der Waals surface area (Å²) in [6, 6.07) is 23.8. The van der Waals surface area contributed by atoms with E-state index in [-0.39, 0.29) is 28.7 Å². The second-order valence-electron chi connectivity index (χ2n) is 17.2. The van der Waals surface area contributed by atoms with E-state index in [0.29, 0.717) is 17.7 Å². The average Bonchev–Trinajstić information content (AvgIpc) is 3.51. The number of esters is 2. The van der Waals surface area contributed by atoms with Gasteiger partial charge in [-0.15, -0.1) is 5.73 Å². The minimum atomic E-state index is -0.557. The summed E-state index contributed by atoms with van der Waals surface area (Å²) in [5, 5.41) is 0.882. The van der Waals surface area contributed by atoms with Gasteiger partial charge in [0.2, 0.25) is 5.69 Å². The normalized spacial score (nSPS) is 18.6. The van der Waals surface area contributed by atoms with Gasteiger partial charge < -0.3 is 14.4 Å². The number of halogens is 1. The lowest BCUT2D eigenvalue weighted by molar-refractivity contribution is -0.433. The van der Waals surface area contributed by atoms with Crippen LogP contribution in [0.4, 0.5) is 11.4 Å². The van der Waals surface area contributed by atoms with E-state index >= 15 is 0 Å². The zero-order valence-electron chi connectivity index (χ0n) is 34.5. The Morgan fingerprint density at radius 2 is 1.66 bits per heavy atom. The maximum Gasteiger partial charge on any atom is 0.338 e. The molecule has 2 heterocycles. The molecule has 0 spiro atoms. The van der Waals surface area contributed by atoms with Gasteiger partial charge in [0.1, 0.15) is 17.9 Å². The van der Waals surface area contributed by atoms with Gasteiger partial charge in [0.15, 0.2) is 5.71 Å². The second-order valence-corrected chi connectivity index (χ2v) is 17.7. The fourth-order valence-corrected chi connectivity index (χ4v) is 8.69. The molecule has 3 aliphatic rings. The first kappa shape index (κ1) is 41.0. The summed E-state index contributed by atoms with van der Waals surface area (Å²) in [6.07, 6.45) is 12.7. The van der Waals surface area contributed by atoms with Gasteiger partial charge in [0.25, 0.3) is 0 Å². The van der Waals surface area contributed by atoms with Gasteiger partial charge in [0, 0.05) is 52.7 Å². The number of unbranched alkanes of at least 4 members (excludes halogenated alkanes) is 2. The van der Waals surface area contributed by atoms with Gasteiger partial charge in [-0.2, -0.15) is 4.58 Å². The summed E-state index contributed by atoms with van der Waals surface area (Å²) in [6.45, 7) is 18.5. The lowest BCUT2D eigenvalue weighted by Crippen LogP contribution is -2.28. The zero-order chi connectivity index (χ0) is 40.3. The first-order valence-corrected chi connectivity index (χ1v) is 20.7. The Morgan fingerprint density at radius 3 is 2.39 bits per heavy atom. The highest BCUT2D eigenvalue weighted by molar-refractivity contribution is 6.30. The summed E-state index contributed by atoms with van der Waals surface area (Å²) in [7, 11) is 0. The van der Waals surface area contributed by atoms with E-state index in [9.17, 15) is 9.59 Å². The van der Waals surface area contributed by atoms with Crippen molar-refractivity contribution in [3.63, 3.8) is 0 Å². The number of hydrogen-bond donors (Lipinski definition) is 0. The van der Waals surface area contributed by atoms with E-state index in [1.54, 1.807) is 12.1 Å². The van der Waals surface area contributed by atoms with Crippen LogP contribution in [0, 0.1) is 5.92 Å². The third-order valence-electron chi connectivity index (χ3n) is 11.3. The lowest BCUT2D eigenvalue weighted by atomic mass is 9.80. The van der Waals surface area contributed by atoms with Gasteiger partial charge in [-0.05, 0) is 135 Å². The SMILES string of the molecule is CC[N+]1=C(/C=C/C2=C(Cl)C(C=C=C3N(CCCCCC(=O)Oc4ccccc4)c4ccccc4C3(C)C)CCC2)C(C)(C)c2cc(C(=O)OC(C)(C)C)ccc21. The van der Waals surface area contributed by atoms with E-state index in [1.165, 1.54) is 17.0 Å². The van der Waals surface area contributed by atoms with Gasteiger partial charge in [-0.3, -0.25) is 4.79 Å². The van der Waals surface area contributed by atoms with Crippen molar-refractivity contribution >= 4 is 40.6 Å². The number of anilines is 1. The third kappa shape index (κ3) is 8.83. The van der Waals surface area contributed by atoms with Crippen LogP contribution in [-0.2, 0) is 20.4 Å². The zero-order valence-corrected chi connectivity index (χ0v) is 35.3. The molecule has 1 unspecified atom stereocenters. The molecule has 0 bridgehead atoms. The molecule has 3 aromatic carbocycles. The van der Waals surface area contributed by atoms with E-state index in [1.807, 2.05) is 51.1 Å². The predicted octanol–water partition coefficient (Wildman–Crippen LogP) is 11.9. The van der Waals surface area contributed by atoms with E-state index in [2.05, 4.69) is 98.4 Å². The molecule has 6 nitrogen and oxygen atoms in total. The quantitative estimate of drug-likeness (QED) is 0.0603. The first-order chi connectivity index (χ1) is 26.6. The molecule has 0 N–H and O–H groups in total. The first-order valence-electron chi connectivity index (χ1n) is 20.3. The van der Waals surface area contributed by atoms with Crippen molar-refractivity contribution in [1.29, 1.82) is 0 Å². The van der Waals surface area contributed by atoms with Crippen LogP contribution in [0.25, 0.3) is 0 Å². The Bertz CT molecular complexity index is 2130. The van der Waals surface area contributed by atoms with Crippen LogP contribution < -0.4 is 9.64 Å². The van der Waals surface area contributed by atoms with Crippen molar-refractivity contribution in [1.82, 2.24) is 0 Å². The highest BCUT2D eigenvalue weighted by atomic mass is 35.5. The van der Waals surface area contributed by atoms with Crippen LogP contribution >= 0.6 is 11.6 Å². The third-order valence-corrected chi connectivity index (χ3v) is 11.8. The molecule has 0 saturated heterocycles. The molecule has 0 amide bonds. The van der Waals surface area contributed by atoms with Crippen molar-refractivity contribution in [3.8, 4) is 5.75 Å². The molecule has 0 radical (unpaired) electrons. The molecule has 0 aromatic heterocycles. The summed E-state index contributed by atoms with van der Waals surface area (Å²) >= 11 is 7.27. The fourth-order valence-electron chi connectivity index (χ4n) is 8.36. The molecule has 3 aromatic rings. The maximum atomic E-state index is 13.0. The Balaban J connectivity index is 1.19. The van der Waals surface area contributed by atoms with Crippen molar-refractivity contribution in [2.75, 3.05) is 18.0 Å². The van der Waals surface area contributed by atoms with Gasteiger partial charge in [-0.1, -0.05) is 60.5 Å². The Morgan fingerprint density at radius 1 is 0.929 bits per heavy atom. The van der Waals surface area contributed by atoms with Crippen molar-refractivity contribution < 1.29 is 23.6 Å². The topological polar surface area (TPSA) is 58.8 Å². The highest BCUT2D eigenvalue weighted by Crippen LogP contribution is 2.48. The number of rotatable bonds is 12. The molecule has 0 saturated carbocycles. The minimum absolute atomic E-state index is 0.0759. The number of benzene rings is 3. The second kappa shape index (κ2) is 16.8. The summed E-state index contributed by atoms with van der Waals surface area (Å²) in [4.78, 5) is 27.8. The standard InChI is InChI=1S/C49H58ClN2O4/c1-9-51-41-29-26-36(46(54)56-47(2,3)4)33-39(41)49(7,8)42(51)30-27-34-19-18-20-35(45(34)50)28-31-43-48(5,6)38-23-15-16-24-40(38)52(43)32-17-11-14-25-44(53)55-37-21-12-10-13-22-37/h10,12-13,15-16,21-24,26-30,33,35H,9,11,14,17-20,25,32H2,1-8H3/q+1/b30-27+. The summed E-state index contributed by atoms with van der Waals surface area (Å²) < 4.78 is 13.5. The van der Waals surface area contributed by atoms with Crippen LogP contribution in [0.3, 0.4) is 0 Å². The molecule has 56 heavy (non-hydrogen) atoms. The number of allylic oxidation sites excluding steroid dienone is 5. The average molecular weight is 774 g/mol. The van der Waals surface area contributed by atoms with E-state index < -0.39 is 5.60 Å². The van der Waals surface area contributed by atoms with Crippen LogP contribution in [-0.4, -0.2) is 40.9 Å². The molecule has 6 rings (SSSR count). The molecule has 0 fully saturated rings. The molecular weight excluding hydrogens is 716 g/mol. The van der Waals surface area contributed by atoms with Crippen LogP contribution in [0.1, 0.15) is 122 Å². The molecule has 294 valence electrons. The summed E-state index contributed by atoms with van der Waals surface area (Å²) in [5.74, 6) is 0.175. The van der Waals surface area contributed by atoms with Crippen LogP contribution in [0.5, 0.6) is 5.75 Å². The Kier molecular flexibility index (Phi) is 12.3. The van der Waals surface area contributed by atoms with E-state index in [4.69, 9.17) is 21.1 Å². The van der Waals surface area contributed by atoms with Crippen LogP contribution in [0.15, 0.2) is 113 Å². The molecule has 2 aliphatic heterocycles. The number of ether oxygens (including phenoxy) is 2. The van der Waals surface area contributed by atoms with Crippen molar-refractivity contribution in [2.45, 2.75) is 117 Å². The van der Waals surface area contributed by atoms with Crippen molar-refractivity contribution in [3.05, 3.63) is 130 Å². The summed E-state index contributed by atoms with van der Waals surface area (Å²) in [5.41, 5.74) is 11.5. The number of fused-ring (bicyclic) bond motifs is 2. The van der Waals surface area contributed by atoms with Gasteiger partial charge in [-0.25, -0.2) is 4.79 Å². The molecule has 7 heteroatoms. The number of carbonyl (C=O) groups is 2. The minimum Gasteiger partial charge on any atom is -0.456 e. The Hall–Kier alpha value is -4.64. The number of hydrogen-bond acceptors (Lipinski definition) is 5. The largest absolute Gasteiger partial charge is 0.456 e. The number of carbonyl (C=O) groups excluding carboxylic acids is 2. The molecule has 1 aliphatic carbocycles. The van der Waals surface area contributed by atoms with Crippen LogP contribution in [0.2, 0.25) is 0 Å². The lowest BCUT2D eigenvalue weighted by Gasteiger charge is -2.26. The monoisotopic (exact) mass is 773 g/mol.